The Balaban J connectivity index is 0.000000280. The molecule has 0 aliphatic carbocycles. The molecule has 0 atom stereocenters. The van der Waals surface area contributed by atoms with E-state index in [4.69, 9.17) is 0 Å². The van der Waals surface area contributed by atoms with E-state index in [9.17, 15) is 10.2 Å². The Morgan fingerprint density at radius 3 is 1.15 bits per heavy atom. The van der Waals surface area contributed by atoms with E-state index in [0.717, 1.165) is 51.9 Å². The average Bonchev–Trinajstić information content (AvgIpc) is 2.96. The van der Waals surface area contributed by atoms with Crippen LogP contribution in [-0.4, -0.2) is 72.5 Å². The first-order valence-corrected chi connectivity index (χ1v) is 15.8. The maximum atomic E-state index is 9.19. The quantitative estimate of drug-likeness (QED) is 0.310. The summed E-state index contributed by atoms with van der Waals surface area (Å²) in [6.45, 7) is 21.3. The van der Waals surface area contributed by atoms with Crippen LogP contribution in [0.5, 0.6) is 0 Å². The van der Waals surface area contributed by atoms with E-state index in [1.807, 2.05) is 0 Å². The van der Waals surface area contributed by atoms with Crippen LogP contribution in [0, 0.1) is 25.7 Å². The van der Waals surface area contributed by atoms with E-state index >= 15 is 0 Å². The van der Waals surface area contributed by atoms with Crippen molar-refractivity contribution in [1.82, 2.24) is 9.80 Å². The summed E-state index contributed by atoms with van der Waals surface area (Å²) in [7, 11) is 0. The lowest BCUT2D eigenvalue weighted by Gasteiger charge is -2.34. The third-order valence-corrected chi connectivity index (χ3v) is 9.70. The van der Waals surface area contributed by atoms with Gasteiger partial charge in [-0.15, -0.1) is 12.4 Å². The van der Waals surface area contributed by atoms with Gasteiger partial charge in [-0.05, 0) is 125 Å². The SMILES string of the molecule is Cc1ccc(C(C)(C)CCN2CCC(CO)CC2)cc1.Cc1ccc(C(C)(C)CCN2CCC(CO)CC2)cc1.Cl. The maximum Gasteiger partial charge on any atom is 0.0460 e. The normalized spacial score (nSPS) is 18.0. The van der Waals surface area contributed by atoms with E-state index in [2.05, 4.69) is 99.9 Å². The molecule has 0 bridgehead atoms. The molecule has 5 heteroatoms. The Bertz CT molecular complexity index is 892. The van der Waals surface area contributed by atoms with Crippen LogP contribution >= 0.6 is 12.4 Å². The van der Waals surface area contributed by atoms with Crippen LogP contribution in [0.4, 0.5) is 0 Å². The minimum Gasteiger partial charge on any atom is -0.396 e. The van der Waals surface area contributed by atoms with Gasteiger partial charge in [-0.25, -0.2) is 0 Å². The van der Waals surface area contributed by atoms with Crippen LogP contribution < -0.4 is 0 Å². The van der Waals surface area contributed by atoms with E-state index in [0.29, 0.717) is 25.0 Å². The largest absolute Gasteiger partial charge is 0.396 e. The molecule has 2 aromatic carbocycles. The standard InChI is InChI=1S/2C18H29NO.ClH/c2*1-15-4-6-17(7-5-15)18(2,3)10-13-19-11-8-16(14-20)9-12-19;/h2*4-7,16,20H,8-14H2,1-3H3;1H. The molecule has 2 aliphatic rings. The van der Waals surface area contributed by atoms with Crippen LogP contribution in [0.1, 0.15) is 88.5 Å². The van der Waals surface area contributed by atoms with Gasteiger partial charge >= 0.3 is 0 Å². The molecule has 4 nitrogen and oxygen atoms in total. The summed E-state index contributed by atoms with van der Waals surface area (Å²) in [5, 5.41) is 18.4. The van der Waals surface area contributed by atoms with Crippen molar-refractivity contribution >= 4 is 12.4 Å². The van der Waals surface area contributed by atoms with Gasteiger partial charge in [0.1, 0.15) is 0 Å². The molecule has 0 amide bonds. The molecule has 0 aromatic heterocycles. The van der Waals surface area contributed by atoms with Gasteiger partial charge < -0.3 is 20.0 Å². The molecule has 41 heavy (non-hydrogen) atoms. The zero-order valence-corrected chi connectivity index (χ0v) is 27.7. The number of hydrogen-bond acceptors (Lipinski definition) is 4. The van der Waals surface area contributed by atoms with Crippen molar-refractivity contribution in [2.75, 3.05) is 52.5 Å². The van der Waals surface area contributed by atoms with Gasteiger partial charge in [0, 0.05) is 13.2 Å². The van der Waals surface area contributed by atoms with Crippen molar-refractivity contribution in [2.45, 2.75) is 90.9 Å². The first-order valence-electron chi connectivity index (χ1n) is 15.8. The Labute approximate surface area is 258 Å². The van der Waals surface area contributed by atoms with Crippen LogP contribution in [0.3, 0.4) is 0 Å². The molecule has 2 aliphatic heterocycles. The summed E-state index contributed by atoms with van der Waals surface area (Å²) in [5.74, 6) is 1.08. The first kappa shape index (κ1) is 35.8. The van der Waals surface area contributed by atoms with Gasteiger partial charge in [0.2, 0.25) is 0 Å². The Hall–Kier alpha value is -1.43. The van der Waals surface area contributed by atoms with E-state index in [-0.39, 0.29) is 23.2 Å². The number of aliphatic hydroxyl groups excluding tert-OH is 2. The van der Waals surface area contributed by atoms with Gasteiger partial charge in [-0.3, -0.25) is 0 Å². The lowest BCUT2D eigenvalue weighted by atomic mass is 9.81. The number of rotatable bonds is 10. The molecule has 232 valence electrons. The predicted molar refractivity (Wildman–Crippen MR) is 177 cm³/mol. The molecule has 2 saturated heterocycles. The molecular weight excluding hydrogens is 528 g/mol. The smallest absolute Gasteiger partial charge is 0.0460 e. The highest BCUT2D eigenvalue weighted by molar-refractivity contribution is 5.85. The van der Waals surface area contributed by atoms with E-state index < -0.39 is 0 Å². The zero-order valence-electron chi connectivity index (χ0n) is 26.9. The number of halogens is 1. The molecule has 2 N–H and O–H groups in total. The number of aliphatic hydroxyl groups is 2. The van der Waals surface area contributed by atoms with Crippen LogP contribution in [0.25, 0.3) is 0 Å². The van der Waals surface area contributed by atoms with Crippen molar-refractivity contribution in [3.05, 3.63) is 70.8 Å². The third-order valence-electron chi connectivity index (χ3n) is 9.70. The topological polar surface area (TPSA) is 46.9 Å². The molecule has 0 spiro atoms. The summed E-state index contributed by atoms with van der Waals surface area (Å²) >= 11 is 0. The molecule has 2 fully saturated rings. The number of hydrogen-bond donors (Lipinski definition) is 2. The molecular formula is C36H59ClN2O2. The van der Waals surface area contributed by atoms with Gasteiger partial charge in [0.05, 0.1) is 0 Å². The number of nitrogens with zero attached hydrogens (tertiary/aromatic N) is 2. The second-order valence-corrected chi connectivity index (χ2v) is 13.9. The minimum absolute atomic E-state index is 0. The summed E-state index contributed by atoms with van der Waals surface area (Å²) < 4.78 is 0. The summed E-state index contributed by atoms with van der Waals surface area (Å²) in [5.41, 5.74) is 6.01. The second kappa shape index (κ2) is 17.0. The van der Waals surface area contributed by atoms with Gasteiger partial charge in [0.15, 0.2) is 0 Å². The fourth-order valence-electron chi connectivity index (χ4n) is 5.96. The highest BCUT2D eigenvalue weighted by Gasteiger charge is 2.25. The summed E-state index contributed by atoms with van der Waals surface area (Å²) in [6.07, 6.45) is 7.01. The zero-order chi connectivity index (χ0) is 29.2. The predicted octanol–water partition coefficient (Wildman–Crippen LogP) is 7.16. The highest BCUT2D eigenvalue weighted by atomic mass is 35.5. The number of piperidine rings is 2. The molecule has 0 radical (unpaired) electrons. The maximum absolute atomic E-state index is 9.19. The summed E-state index contributed by atoms with van der Waals surface area (Å²) in [4.78, 5) is 5.12. The number of aryl methyl sites for hydroxylation is 2. The molecule has 2 aromatic rings. The Morgan fingerprint density at radius 1 is 0.585 bits per heavy atom. The lowest BCUT2D eigenvalue weighted by Crippen LogP contribution is -2.37. The van der Waals surface area contributed by atoms with Crippen LogP contribution in [-0.2, 0) is 10.8 Å². The van der Waals surface area contributed by atoms with Crippen molar-refractivity contribution in [1.29, 1.82) is 0 Å². The van der Waals surface area contributed by atoms with Crippen molar-refractivity contribution in [3.63, 3.8) is 0 Å². The molecule has 0 unspecified atom stereocenters. The second-order valence-electron chi connectivity index (χ2n) is 13.9. The van der Waals surface area contributed by atoms with Crippen LogP contribution in [0.15, 0.2) is 48.5 Å². The van der Waals surface area contributed by atoms with E-state index in [1.165, 1.54) is 48.2 Å². The van der Waals surface area contributed by atoms with Crippen LogP contribution in [0.2, 0.25) is 0 Å². The lowest BCUT2D eigenvalue weighted by molar-refractivity contribution is 0.126. The van der Waals surface area contributed by atoms with Gasteiger partial charge in [-0.2, -0.15) is 0 Å². The monoisotopic (exact) mass is 586 g/mol. The Morgan fingerprint density at radius 2 is 0.878 bits per heavy atom. The summed E-state index contributed by atoms with van der Waals surface area (Å²) in [6, 6.07) is 17.9. The van der Waals surface area contributed by atoms with Gasteiger partial charge in [0.25, 0.3) is 0 Å². The third kappa shape index (κ3) is 11.6. The van der Waals surface area contributed by atoms with Gasteiger partial charge in [-0.1, -0.05) is 87.4 Å². The molecule has 0 saturated carbocycles. The fraction of sp³-hybridized carbons (Fsp3) is 0.667. The number of likely N-dealkylation sites (tertiary alicyclic amines) is 2. The van der Waals surface area contributed by atoms with E-state index in [1.54, 1.807) is 0 Å². The average molecular weight is 587 g/mol. The molecule has 2 heterocycles. The fourth-order valence-corrected chi connectivity index (χ4v) is 5.96. The van der Waals surface area contributed by atoms with Crippen molar-refractivity contribution in [3.8, 4) is 0 Å². The molecule has 4 rings (SSSR count). The van der Waals surface area contributed by atoms with Crippen molar-refractivity contribution < 1.29 is 10.2 Å². The van der Waals surface area contributed by atoms with Crippen molar-refractivity contribution in [2.24, 2.45) is 11.8 Å². The Kier molecular flexibility index (Phi) is 14.8. The first-order chi connectivity index (χ1) is 19.0. The minimum atomic E-state index is 0. The number of benzene rings is 2. The highest BCUT2D eigenvalue weighted by Crippen LogP contribution is 2.29.